The molecule has 1 aromatic heterocycles. The summed E-state index contributed by atoms with van der Waals surface area (Å²) >= 11 is 0.718. The Hall–Kier alpha value is -2.13. The summed E-state index contributed by atoms with van der Waals surface area (Å²) in [4.78, 5) is 10.1. The van der Waals surface area contributed by atoms with Crippen LogP contribution in [0.4, 0.5) is 16.4 Å². The molecule has 0 spiro atoms. The second-order valence-electron chi connectivity index (χ2n) is 4.53. The van der Waals surface area contributed by atoms with E-state index in [9.17, 15) is 18.5 Å². The lowest BCUT2D eigenvalue weighted by Gasteiger charge is -2.17. The van der Waals surface area contributed by atoms with Crippen molar-refractivity contribution < 1.29 is 13.3 Å². The Kier molecular flexibility index (Phi) is 3.10. The molecule has 0 saturated carbocycles. The monoisotopic (exact) mass is 325 g/mol. The molecule has 3 rings (SSSR count). The van der Waals surface area contributed by atoms with Crippen molar-refractivity contribution in [2.75, 3.05) is 16.6 Å². The number of thiophene rings is 1. The van der Waals surface area contributed by atoms with Gasteiger partial charge in [-0.15, -0.1) is 0 Å². The topological polar surface area (TPSA) is 107 Å². The van der Waals surface area contributed by atoms with Crippen molar-refractivity contribution in [1.82, 2.24) is 0 Å². The van der Waals surface area contributed by atoms with Crippen LogP contribution in [0, 0.1) is 10.1 Å². The summed E-state index contributed by atoms with van der Waals surface area (Å²) in [5, 5.41) is 10.7. The lowest BCUT2D eigenvalue weighted by molar-refractivity contribution is -0.383. The fourth-order valence-corrected chi connectivity index (χ4v) is 5.14. The summed E-state index contributed by atoms with van der Waals surface area (Å²) in [7, 11) is -3.82. The molecular formula is C12H11N3O4S2. The zero-order valence-electron chi connectivity index (χ0n) is 10.7. The molecule has 2 N–H and O–H groups in total. The number of fused-ring (bicyclic) bond motifs is 1. The van der Waals surface area contributed by atoms with Crippen LogP contribution in [0.3, 0.4) is 0 Å². The average Bonchev–Trinajstić information content (AvgIpc) is 3.02. The van der Waals surface area contributed by atoms with Crippen LogP contribution in [0.5, 0.6) is 0 Å². The quantitative estimate of drug-likeness (QED) is 0.686. The third-order valence-electron chi connectivity index (χ3n) is 3.30. The van der Waals surface area contributed by atoms with Crippen molar-refractivity contribution in [3.05, 3.63) is 46.0 Å². The molecule has 0 amide bonds. The molecule has 0 radical (unpaired) electrons. The summed E-state index contributed by atoms with van der Waals surface area (Å²) in [5.41, 5.74) is 6.72. The van der Waals surface area contributed by atoms with E-state index in [-0.39, 0.29) is 14.9 Å². The molecule has 0 aliphatic carbocycles. The van der Waals surface area contributed by atoms with Crippen molar-refractivity contribution in [1.29, 1.82) is 0 Å². The largest absolute Gasteiger partial charge is 0.385 e. The number of hydrogen-bond donors (Lipinski definition) is 1. The van der Waals surface area contributed by atoms with Crippen LogP contribution in [-0.2, 0) is 16.4 Å². The summed E-state index contributed by atoms with van der Waals surface area (Å²) < 4.78 is 26.5. The fraction of sp³-hybridized carbons (Fsp3) is 0.167. The Labute approximate surface area is 124 Å². The Morgan fingerprint density at radius 2 is 2.05 bits per heavy atom. The van der Waals surface area contributed by atoms with Crippen LogP contribution in [0.25, 0.3) is 0 Å². The van der Waals surface area contributed by atoms with Gasteiger partial charge in [0.2, 0.25) is 0 Å². The maximum absolute atomic E-state index is 12.6. The number of para-hydroxylation sites is 1. The van der Waals surface area contributed by atoms with Gasteiger partial charge in [0, 0.05) is 12.6 Å². The van der Waals surface area contributed by atoms with Crippen molar-refractivity contribution >= 4 is 37.7 Å². The van der Waals surface area contributed by atoms with Crippen LogP contribution in [-0.4, -0.2) is 19.9 Å². The lowest BCUT2D eigenvalue weighted by atomic mass is 10.2. The SMILES string of the molecule is Nc1sc(S(=O)(=O)N2CCc3ccccc32)cc1[N+](=O)[O-]. The molecule has 0 bridgehead atoms. The molecule has 2 heterocycles. The third-order valence-corrected chi connectivity index (χ3v) is 6.52. The average molecular weight is 325 g/mol. The number of anilines is 2. The number of sulfonamides is 1. The molecule has 110 valence electrons. The number of nitrogens with two attached hydrogens (primary N) is 1. The first-order valence-electron chi connectivity index (χ1n) is 6.05. The number of nitrogens with zero attached hydrogens (tertiary/aromatic N) is 2. The van der Waals surface area contributed by atoms with Gasteiger partial charge in [0.15, 0.2) is 5.00 Å². The second-order valence-corrected chi connectivity index (χ2v) is 7.70. The van der Waals surface area contributed by atoms with E-state index in [2.05, 4.69) is 0 Å². The number of rotatable bonds is 3. The summed E-state index contributed by atoms with van der Waals surface area (Å²) in [6, 6.07) is 8.23. The van der Waals surface area contributed by atoms with Gasteiger partial charge < -0.3 is 5.73 Å². The Morgan fingerprint density at radius 3 is 2.71 bits per heavy atom. The van der Waals surface area contributed by atoms with Crippen LogP contribution >= 0.6 is 11.3 Å². The molecule has 0 saturated heterocycles. The smallest absolute Gasteiger partial charge is 0.304 e. The highest BCUT2D eigenvalue weighted by atomic mass is 32.2. The highest BCUT2D eigenvalue weighted by Gasteiger charge is 2.34. The molecule has 9 heteroatoms. The van der Waals surface area contributed by atoms with Gasteiger partial charge in [0.05, 0.1) is 10.6 Å². The van der Waals surface area contributed by atoms with Crippen molar-refractivity contribution in [2.24, 2.45) is 0 Å². The minimum absolute atomic E-state index is 0.106. The van der Waals surface area contributed by atoms with E-state index in [1.807, 2.05) is 12.1 Å². The minimum Gasteiger partial charge on any atom is -0.385 e. The molecule has 0 atom stereocenters. The van der Waals surface area contributed by atoms with E-state index in [4.69, 9.17) is 5.73 Å². The van der Waals surface area contributed by atoms with Crippen molar-refractivity contribution in [3.8, 4) is 0 Å². The van der Waals surface area contributed by atoms with Gasteiger partial charge in [-0.25, -0.2) is 8.42 Å². The van der Waals surface area contributed by atoms with Crippen molar-refractivity contribution in [3.63, 3.8) is 0 Å². The maximum Gasteiger partial charge on any atom is 0.304 e. The van der Waals surface area contributed by atoms with Gasteiger partial charge in [-0.3, -0.25) is 14.4 Å². The third kappa shape index (κ3) is 2.14. The number of benzene rings is 1. The van der Waals surface area contributed by atoms with E-state index >= 15 is 0 Å². The molecule has 1 aliphatic heterocycles. The second kappa shape index (κ2) is 4.71. The first-order valence-corrected chi connectivity index (χ1v) is 8.31. The van der Waals surface area contributed by atoms with Crippen LogP contribution in [0.15, 0.2) is 34.5 Å². The van der Waals surface area contributed by atoms with E-state index in [0.29, 0.717) is 18.7 Å². The predicted octanol–water partition coefficient (Wildman–Crippen LogP) is 1.99. The first kappa shape index (κ1) is 13.8. The molecule has 1 aromatic carbocycles. The Balaban J connectivity index is 2.06. The Morgan fingerprint density at radius 1 is 1.33 bits per heavy atom. The molecule has 7 nitrogen and oxygen atoms in total. The van der Waals surface area contributed by atoms with Gasteiger partial charge >= 0.3 is 5.69 Å². The van der Waals surface area contributed by atoms with E-state index in [1.54, 1.807) is 12.1 Å². The van der Waals surface area contributed by atoms with Gasteiger partial charge in [-0.05, 0) is 18.1 Å². The molecule has 2 aromatic rings. The molecule has 1 aliphatic rings. The molecule has 21 heavy (non-hydrogen) atoms. The highest BCUT2D eigenvalue weighted by molar-refractivity contribution is 7.94. The van der Waals surface area contributed by atoms with Crippen LogP contribution in [0.2, 0.25) is 0 Å². The van der Waals surface area contributed by atoms with Gasteiger partial charge in [-0.1, -0.05) is 29.5 Å². The highest BCUT2D eigenvalue weighted by Crippen LogP contribution is 2.39. The summed E-state index contributed by atoms with van der Waals surface area (Å²) in [6.45, 7) is 0.327. The molecule has 0 fully saturated rings. The van der Waals surface area contributed by atoms with Gasteiger partial charge in [-0.2, -0.15) is 0 Å². The fourth-order valence-electron chi connectivity index (χ4n) is 2.31. The zero-order valence-corrected chi connectivity index (χ0v) is 12.4. The standard InChI is InChI=1S/C12H11N3O4S2/c13-12-10(15(16)17)7-11(20-12)21(18,19)14-6-5-8-3-1-2-4-9(8)14/h1-4,7H,5-6,13H2. The number of nitrogen functional groups attached to an aromatic ring is 1. The van der Waals surface area contributed by atoms with Crippen molar-refractivity contribution in [2.45, 2.75) is 10.6 Å². The number of hydrogen-bond acceptors (Lipinski definition) is 6. The van der Waals surface area contributed by atoms with Gasteiger partial charge in [0.25, 0.3) is 10.0 Å². The van der Waals surface area contributed by atoms with E-state index in [1.165, 1.54) is 4.31 Å². The maximum atomic E-state index is 12.6. The predicted molar refractivity (Wildman–Crippen MR) is 80.1 cm³/mol. The minimum atomic E-state index is -3.82. The van der Waals surface area contributed by atoms with Gasteiger partial charge in [0.1, 0.15) is 4.21 Å². The molecular weight excluding hydrogens is 314 g/mol. The number of nitro groups is 1. The van der Waals surface area contributed by atoms with E-state index in [0.717, 1.165) is 23.0 Å². The summed E-state index contributed by atoms with van der Waals surface area (Å²) in [6.07, 6.45) is 0.623. The van der Waals surface area contributed by atoms with Crippen LogP contribution in [0.1, 0.15) is 5.56 Å². The lowest BCUT2D eigenvalue weighted by Crippen LogP contribution is -2.28. The summed E-state index contributed by atoms with van der Waals surface area (Å²) in [5.74, 6) is 0. The Bertz CT molecular complexity index is 829. The molecule has 0 unspecified atom stereocenters. The zero-order chi connectivity index (χ0) is 15.2. The first-order chi connectivity index (χ1) is 9.91. The normalized spacial score (nSPS) is 14.2. The van der Waals surface area contributed by atoms with E-state index < -0.39 is 14.9 Å². The van der Waals surface area contributed by atoms with Crippen LogP contribution < -0.4 is 10.0 Å².